The number of hydrazone groups is 1. The Kier molecular flexibility index (Phi) is 4.98. The zero-order valence-corrected chi connectivity index (χ0v) is 15.0. The van der Waals surface area contributed by atoms with Crippen molar-refractivity contribution in [3.8, 4) is 6.07 Å². The molecule has 0 aliphatic heterocycles. The largest absolute Gasteiger partial charge is 0.392 e. The van der Waals surface area contributed by atoms with E-state index in [-0.39, 0.29) is 18.7 Å². The fourth-order valence-electron chi connectivity index (χ4n) is 3.11. The molecule has 0 aliphatic carbocycles. The first kappa shape index (κ1) is 19.3. The Labute approximate surface area is 159 Å². The molecule has 3 aromatic rings. The second kappa shape index (κ2) is 7.25. The summed E-state index contributed by atoms with van der Waals surface area (Å²) in [5.74, 6) is 0.391. The minimum Gasteiger partial charge on any atom is -0.392 e. The van der Waals surface area contributed by atoms with Gasteiger partial charge in [-0.1, -0.05) is 24.3 Å². The molecular formula is C19H18F2N6O. The Balaban J connectivity index is 2.16. The number of nitriles is 1. The number of aromatic nitrogens is 2. The van der Waals surface area contributed by atoms with Crippen molar-refractivity contribution in [3.05, 3.63) is 64.3 Å². The fourth-order valence-corrected chi connectivity index (χ4v) is 3.11. The van der Waals surface area contributed by atoms with Crippen molar-refractivity contribution in [2.24, 2.45) is 16.7 Å². The van der Waals surface area contributed by atoms with Crippen molar-refractivity contribution in [1.82, 2.24) is 9.78 Å². The van der Waals surface area contributed by atoms with Gasteiger partial charge in [0.15, 0.2) is 5.84 Å². The van der Waals surface area contributed by atoms with Gasteiger partial charge >= 0.3 is 5.92 Å². The first-order chi connectivity index (χ1) is 13.3. The van der Waals surface area contributed by atoms with Crippen molar-refractivity contribution < 1.29 is 13.9 Å². The van der Waals surface area contributed by atoms with Gasteiger partial charge in [-0.05, 0) is 30.2 Å². The number of benzene rings is 2. The molecule has 0 radical (unpaired) electrons. The van der Waals surface area contributed by atoms with Crippen molar-refractivity contribution in [2.45, 2.75) is 26.0 Å². The summed E-state index contributed by atoms with van der Waals surface area (Å²) in [4.78, 5) is 0. The highest BCUT2D eigenvalue weighted by Crippen LogP contribution is 2.32. The number of aliphatic hydroxyl groups is 1. The van der Waals surface area contributed by atoms with E-state index in [1.807, 2.05) is 0 Å². The quantitative estimate of drug-likeness (QED) is 0.269. The van der Waals surface area contributed by atoms with Gasteiger partial charge in [0.25, 0.3) is 0 Å². The molecule has 0 saturated carbocycles. The van der Waals surface area contributed by atoms with Crippen molar-refractivity contribution in [1.29, 1.82) is 5.26 Å². The first-order valence-electron chi connectivity index (χ1n) is 8.34. The standard InChI is InChI=1S/C19H18F2N6O/c1-11-15-6-5-14(19(20,21)18(23)25-24)7-17(15)27(26-11)9-16-12(8-22)3-2-4-13(16)10-28/h2-7,28H,9-10,24H2,1H3,(H2,23,25). The predicted molar refractivity (Wildman–Crippen MR) is 100 cm³/mol. The normalized spacial score (nSPS) is 12.3. The average molecular weight is 384 g/mol. The van der Waals surface area contributed by atoms with Crippen LogP contribution in [0.15, 0.2) is 41.5 Å². The molecule has 3 rings (SSSR count). The van der Waals surface area contributed by atoms with Crippen LogP contribution in [-0.4, -0.2) is 20.7 Å². The molecule has 0 saturated heterocycles. The number of aryl methyl sites for hydroxylation is 1. The summed E-state index contributed by atoms with van der Waals surface area (Å²) in [6.45, 7) is 1.64. The highest BCUT2D eigenvalue weighted by atomic mass is 19.3. The van der Waals surface area contributed by atoms with Crippen molar-refractivity contribution in [3.63, 3.8) is 0 Å². The summed E-state index contributed by atoms with van der Waals surface area (Å²) in [6, 6.07) is 11.2. The van der Waals surface area contributed by atoms with Gasteiger partial charge in [0.2, 0.25) is 0 Å². The summed E-state index contributed by atoms with van der Waals surface area (Å²) in [5.41, 5.74) is 7.51. The van der Waals surface area contributed by atoms with Crippen LogP contribution in [0.25, 0.3) is 10.9 Å². The summed E-state index contributed by atoms with van der Waals surface area (Å²) < 4.78 is 30.4. The molecule has 0 fully saturated rings. The average Bonchev–Trinajstić information content (AvgIpc) is 3.02. The summed E-state index contributed by atoms with van der Waals surface area (Å²) in [7, 11) is 0. The predicted octanol–water partition coefficient (Wildman–Crippen LogP) is 2.08. The molecule has 0 atom stereocenters. The van der Waals surface area contributed by atoms with Crippen molar-refractivity contribution >= 4 is 16.7 Å². The highest BCUT2D eigenvalue weighted by molar-refractivity contribution is 5.90. The van der Waals surface area contributed by atoms with Crippen LogP contribution in [0, 0.1) is 18.3 Å². The molecule has 1 aromatic heterocycles. The molecular weight excluding hydrogens is 366 g/mol. The van der Waals surface area contributed by atoms with E-state index in [1.54, 1.807) is 25.1 Å². The number of hydrogen-bond donors (Lipinski definition) is 3. The lowest BCUT2D eigenvalue weighted by Gasteiger charge is -2.16. The molecule has 1 heterocycles. The maximum atomic E-state index is 14.4. The molecule has 5 N–H and O–H groups in total. The zero-order valence-electron chi connectivity index (χ0n) is 15.0. The van der Waals surface area contributed by atoms with Crippen LogP contribution < -0.4 is 11.6 Å². The number of nitrogens with zero attached hydrogens (tertiary/aromatic N) is 4. The number of rotatable bonds is 5. The van der Waals surface area contributed by atoms with Gasteiger partial charge < -0.3 is 16.7 Å². The Morgan fingerprint density at radius 2 is 2.11 bits per heavy atom. The topological polar surface area (TPSA) is 126 Å². The number of halogens is 2. The molecule has 0 bridgehead atoms. The Bertz CT molecular complexity index is 1110. The molecule has 2 aromatic carbocycles. The molecule has 144 valence electrons. The summed E-state index contributed by atoms with van der Waals surface area (Å²) >= 11 is 0. The molecule has 0 spiro atoms. The van der Waals surface area contributed by atoms with Gasteiger partial charge in [0, 0.05) is 10.9 Å². The maximum absolute atomic E-state index is 14.4. The molecule has 9 heteroatoms. The molecule has 0 aliphatic rings. The molecule has 0 unspecified atom stereocenters. The minimum atomic E-state index is -3.53. The van der Waals surface area contributed by atoms with Crippen LogP contribution in [0.1, 0.15) is 27.9 Å². The molecule has 7 nitrogen and oxygen atoms in total. The lowest BCUT2D eigenvalue weighted by atomic mass is 10.0. The molecule has 28 heavy (non-hydrogen) atoms. The number of amidine groups is 1. The maximum Gasteiger partial charge on any atom is 0.331 e. The van der Waals surface area contributed by atoms with Crippen LogP contribution in [0.2, 0.25) is 0 Å². The van der Waals surface area contributed by atoms with Crippen LogP contribution in [-0.2, 0) is 19.1 Å². The highest BCUT2D eigenvalue weighted by Gasteiger charge is 2.37. The van der Waals surface area contributed by atoms with E-state index in [4.69, 9.17) is 11.6 Å². The van der Waals surface area contributed by atoms with Gasteiger partial charge in [-0.3, -0.25) is 4.68 Å². The van der Waals surface area contributed by atoms with E-state index >= 15 is 0 Å². The smallest absolute Gasteiger partial charge is 0.331 e. The third kappa shape index (κ3) is 3.14. The van der Waals surface area contributed by atoms with Crippen molar-refractivity contribution in [2.75, 3.05) is 0 Å². The van der Waals surface area contributed by atoms with Crippen LogP contribution in [0.5, 0.6) is 0 Å². The number of hydrogen-bond acceptors (Lipinski definition) is 5. The van der Waals surface area contributed by atoms with E-state index in [0.29, 0.717) is 33.3 Å². The van der Waals surface area contributed by atoms with Gasteiger partial charge in [0.1, 0.15) is 0 Å². The van der Waals surface area contributed by atoms with E-state index in [1.165, 1.54) is 22.9 Å². The van der Waals surface area contributed by atoms with Gasteiger partial charge in [-0.25, -0.2) is 0 Å². The van der Waals surface area contributed by atoms with E-state index in [9.17, 15) is 19.1 Å². The van der Waals surface area contributed by atoms with Gasteiger partial charge in [-0.2, -0.15) is 24.2 Å². The number of aliphatic hydroxyl groups excluding tert-OH is 1. The lowest BCUT2D eigenvalue weighted by Crippen LogP contribution is -2.34. The second-order valence-corrected chi connectivity index (χ2v) is 6.28. The summed E-state index contributed by atoms with van der Waals surface area (Å²) in [6.07, 6.45) is 0. The van der Waals surface area contributed by atoms with Crippen LogP contribution >= 0.6 is 0 Å². The third-order valence-corrected chi connectivity index (χ3v) is 4.63. The Morgan fingerprint density at radius 3 is 2.75 bits per heavy atom. The number of fused-ring (bicyclic) bond motifs is 1. The minimum absolute atomic E-state index is 0.138. The Hall–Kier alpha value is -3.51. The monoisotopic (exact) mass is 384 g/mol. The second-order valence-electron chi connectivity index (χ2n) is 6.28. The molecule has 0 amide bonds. The van der Waals surface area contributed by atoms with Crippen LogP contribution in [0.3, 0.4) is 0 Å². The lowest BCUT2D eigenvalue weighted by molar-refractivity contribution is 0.0742. The first-order valence-corrected chi connectivity index (χ1v) is 8.34. The fraction of sp³-hybridized carbons (Fsp3) is 0.211. The van der Waals surface area contributed by atoms with E-state index in [2.05, 4.69) is 16.3 Å². The van der Waals surface area contributed by atoms with Crippen LogP contribution in [0.4, 0.5) is 8.78 Å². The van der Waals surface area contributed by atoms with E-state index in [0.717, 1.165) is 0 Å². The van der Waals surface area contributed by atoms with Gasteiger partial charge in [-0.15, -0.1) is 0 Å². The number of nitrogens with two attached hydrogens (primary N) is 2. The Morgan fingerprint density at radius 1 is 1.36 bits per heavy atom. The van der Waals surface area contributed by atoms with Gasteiger partial charge in [0.05, 0.1) is 36.0 Å². The zero-order chi connectivity index (χ0) is 20.5. The van der Waals surface area contributed by atoms with E-state index < -0.39 is 11.8 Å². The summed E-state index contributed by atoms with van der Waals surface area (Å²) in [5, 5.41) is 27.0. The number of alkyl halides is 2. The third-order valence-electron chi connectivity index (χ3n) is 4.63. The SMILES string of the molecule is Cc1nn(Cc2c(C#N)cccc2CO)c2cc(C(F)(F)/C(N)=N/N)ccc12.